The molecule has 2 aromatic rings. The van der Waals surface area contributed by atoms with E-state index in [2.05, 4.69) is 10.4 Å². The molecule has 0 aliphatic rings. The van der Waals surface area contributed by atoms with E-state index in [0.29, 0.717) is 10.6 Å². The normalized spacial score (nSPS) is 10.3. The molecule has 17 heavy (non-hydrogen) atoms. The number of halogens is 1. The second kappa shape index (κ2) is 4.59. The lowest BCUT2D eigenvalue weighted by Crippen LogP contribution is -2.11. The van der Waals surface area contributed by atoms with Crippen molar-refractivity contribution in [1.29, 1.82) is 0 Å². The summed E-state index contributed by atoms with van der Waals surface area (Å²) in [6.07, 6.45) is 3.20. The number of amides is 1. The summed E-state index contributed by atoms with van der Waals surface area (Å²) in [5.41, 5.74) is 2.21. The molecule has 0 radical (unpaired) electrons. The average molecular weight is 250 g/mol. The number of nitrogens with zero attached hydrogens (tertiary/aromatic N) is 2. The maximum Gasteiger partial charge on any atom is 0.258 e. The van der Waals surface area contributed by atoms with Crippen LogP contribution in [0.2, 0.25) is 5.02 Å². The monoisotopic (exact) mass is 249 g/mol. The molecule has 1 amide bonds. The maximum atomic E-state index is 11.9. The van der Waals surface area contributed by atoms with E-state index in [1.807, 2.05) is 6.92 Å². The van der Waals surface area contributed by atoms with E-state index in [1.165, 1.54) is 6.20 Å². The van der Waals surface area contributed by atoms with Gasteiger partial charge in [0.15, 0.2) is 0 Å². The Morgan fingerprint density at radius 2 is 2.24 bits per heavy atom. The Kier molecular flexibility index (Phi) is 3.15. The van der Waals surface area contributed by atoms with Crippen LogP contribution in [0.25, 0.3) is 0 Å². The predicted molar refractivity (Wildman–Crippen MR) is 67.4 cm³/mol. The van der Waals surface area contributed by atoms with Gasteiger partial charge in [0.25, 0.3) is 5.91 Å². The second-order valence-corrected chi connectivity index (χ2v) is 4.25. The van der Waals surface area contributed by atoms with Gasteiger partial charge in [0.1, 0.15) is 0 Å². The zero-order chi connectivity index (χ0) is 12.4. The van der Waals surface area contributed by atoms with Gasteiger partial charge in [-0.3, -0.25) is 9.48 Å². The molecule has 5 heteroatoms. The van der Waals surface area contributed by atoms with Crippen molar-refractivity contribution < 1.29 is 4.79 Å². The van der Waals surface area contributed by atoms with Crippen molar-refractivity contribution in [3.05, 3.63) is 46.7 Å². The Bertz CT molecular complexity index is 563. The Morgan fingerprint density at radius 1 is 1.47 bits per heavy atom. The van der Waals surface area contributed by atoms with Gasteiger partial charge in [-0.2, -0.15) is 5.10 Å². The van der Waals surface area contributed by atoms with Crippen LogP contribution >= 0.6 is 11.6 Å². The van der Waals surface area contributed by atoms with Crippen LogP contribution in [-0.2, 0) is 7.05 Å². The van der Waals surface area contributed by atoms with Crippen LogP contribution in [0.3, 0.4) is 0 Å². The molecule has 0 saturated heterocycles. The summed E-state index contributed by atoms with van der Waals surface area (Å²) in [5.74, 6) is -0.177. The summed E-state index contributed by atoms with van der Waals surface area (Å²) in [6, 6.07) is 5.33. The largest absolute Gasteiger partial charge is 0.322 e. The van der Waals surface area contributed by atoms with Crippen LogP contribution in [0, 0.1) is 6.92 Å². The zero-order valence-corrected chi connectivity index (χ0v) is 10.3. The van der Waals surface area contributed by atoms with Gasteiger partial charge in [-0.05, 0) is 30.7 Å². The van der Waals surface area contributed by atoms with Crippen molar-refractivity contribution in [2.45, 2.75) is 6.92 Å². The molecule has 0 saturated carbocycles. The van der Waals surface area contributed by atoms with Crippen LogP contribution in [-0.4, -0.2) is 15.7 Å². The van der Waals surface area contributed by atoms with E-state index in [4.69, 9.17) is 11.6 Å². The Hall–Kier alpha value is -1.81. The molecular weight excluding hydrogens is 238 g/mol. The first-order valence-electron chi connectivity index (χ1n) is 5.12. The summed E-state index contributed by atoms with van der Waals surface area (Å²) in [5, 5.41) is 7.42. The van der Waals surface area contributed by atoms with Gasteiger partial charge >= 0.3 is 0 Å². The van der Waals surface area contributed by atoms with Crippen molar-refractivity contribution in [1.82, 2.24) is 9.78 Å². The molecule has 0 spiro atoms. The van der Waals surface area contributed by atoms with Crippen LogP contribution < -0.4 is 5.32 Å². The highest BCUT2D eigenvalue weighted by Crippen LogP contribution is 2.20. The lowest BCUT2D eigenvalue weighted by Gasteiger charge is -2.07. The van der Waals surface area contributed by atoms with Crippen molar-refractivity contribution in [3.8, 4) is 0 Å². The number of carbonyl (C=O) groups is 1. The van der Waals surface area contributed by atoms with Crippen molar-refractivity contribution in [2.24, 2.45) is 7.05 Å². The smallest absolute Gasteiger partial charge is 0.258 e. The zero-order valence-electron chi connectivity index (χ0n) is 9.57. The number of hydrogen-bond acceptors (Lipinski definition) is 2. The molecular formula is C12H12ClN3O. The number of aryl methyl sites for hydroxylation is 2. The molecule has 0 aliphatic heterocycles. The summed E-state index contributed by atoms with van der Waals surface area (Å²) in [4.78, 5) is 11.9. The molecule has 0 bridgehead atoms. The molecule has 0 atom stereocenters. The Morgan fingerprint density at radius 3 is 2.82 bits per heavy atom. The number of aromatic nitrogens is 2. The van der Waals surface area contributed by atoms with E-state index in [1.54, 1.807) is 36.1 Å². The van der Waals surface area contributed by atoms with Crippen molar-refractivity contribution in [3.63, 3.8) is 0 Å². The first-order chi connectivity index (χ1) is 8.06. The highest BCUT2D eigenvalue weighted by Gasteiger charge is 2.09. The van der Waals surface area contributed by atoms with E-state index in [-0.39, 0.29) is 5.91 Å². The Labute approximate surface area is 104 Å². The minimum absolute atomic E-state index is 0.177. The molecule has 0 unspecified atom stereocenters. The van der Waals surface area contributed by atoms with Crippen LogP contribution in [0.1, 0.15) is 15.9 Å². The van der Waals surface area contributed by atoms with Gasteiger partial charge in [-0.1, -0.05) is 11.6 Å². The topological polar surface area (TPSA) is 46.9 Å². The third kappa shape index (κ3) is 2.65. The minimum Gasteiger partial charge on any atom is -0.322 e. The van der Waals surface area contributed by atoms with Crippen LogP contribution in [0.5, 0.6) is 0 Å². The summed E-state index contributed by atoms with van der Waals surface area (Å²) in [6.45, 7) is 1.89. The van der Waals surface area contributed by atoms with Crippen molar-refractivity contribution in [2.75, 3.05) is 5.32 Å². The Balaban J connectivity index is 2.18. The molecule has 0 fully saturated rings. The van der Waals surface area contributed by atoms with Gasteiger partial charge in [0, 0.05) is 24.0 Å². The van der Waals surface area contributed by atoms with E-state index < -0.39 is 0 Å². The average Bonchev–Trinajstić information content (AvgIpc) is 2.69. The van der Waals surface area contributed by atoms with Gasteiger partial charge in [-0.25, -0.2) is 0 Å². The molecule has 2 rings (SSSR count). The third-order valence-electron chi connectivity index (χ3n) is 2.40. The number of benzene rings is 1. The maximum absolute atomic E-state index is 11.9. The summed E-state index contributed by atoms with van der Waals surface area (Å²) >= 11 is 5.85. The molecule has 1 aromatic carbocycles. The number of hydrogen-bond donors (Lipinski definition) is 1. The first-order valence-corrected chi connectivity index (χ1v) is 5.50. The molecule has 1 N–H and O–H groups in total. The van der Waals surface area contributed by atoms with Gasteiger partial charge in [0.2, 0.25) is 0 Å². The lowest BCUT2D eigenvalue weighted by atomic mass is 10.2. The van der Waals surface area contributed by atoms with Gasteiger partial charge < -0.3 is 5.32 Å². The predicted octanol–water partition coefficient (Wildman–Crippen LogP) is 2.63. The molecule has 1 aromatic heterocycles. The third-order valence-corrected chi connectivity index (χ3v) is 2.64. The number of carbonyl (C=O) groups excluding carboxylic acids is 1. The molecule has 1 heterocycles. The van der Waals surface area contributed by atoms with E-state index in [0.717, 1.165) is 11.3 Å². The first kappa shape index (κ1) is 11.7. The number of anilines is 1. The summed E-state index contributed by atoms with van der Waals surface area (Å²) in [7, 11) is 1.77. The fourth-order valence-electron chi connectivity index (χ4n) is 1.50. The van der Waals surface area contributed by atoms with E-state index >= 15 is 0 Å². The van der Waals surface area contributed by atoms with Crippen molar-refractivity contribution >= 4 is 23.2 Å². The summed E-state index contributed by atoms with van der Waals surface area (Å²) < 4.78 is 1.59. The minimum atomic E-state index is -0.177. The lowest BCUT2D eigenvalue weighted by molar-refractivity contribution is 0.102. The molecule has 88 valence electrons. The molecule has 4 nitrogen and oxygen atoms in total. The van der Waals surface area contributed by atoms with Gasteiger partial charge in [-0.15, -0.1) is 0 Å². The fourth-order valence-corrected chi connectivity index (χ4v) is 1.73. The second-order valence-electron chi connectivity index (χ2n) is 3.82. The quantitative estimate of drug-likeness (QED) is 0.889. The van der Waals surface area contributed by atoms with Crippen LogP contribution in [0.4, 0.5) is 5.69 Å². The van der Waals surface area contributed by atoms with Crippen LogP contribution in [0.15, 0.2) is 30.6 Å². The molecule has 0 aliphatic carbocycles. The highest BCUT2D eigenvalue weighted by atomic mass is 35.5. The van der Waals surface area contributed by atoms with Gasteiger partial charge in [0.05, 0.1) is 11.8 Å². The SMILES string of the molecule is Cc1cc(Cl)ccc1NC(=O)c1cnn(C)c1. The fraction of sp³-hybridized carbons (Fsp3) is 0.167. The number of nitrogens with one attached hydrogen (secondary N) is 1. The number of rotatable bonds is 2. The standard InChI is InChI=1S/C12H12ClN3O/c1-8-5-10(13)3-4-11(8)15-12(17)9-6-14-16(2)7-9/h3-7H,1-2H3,(H,15,17). The van der Waals surface area contributed by atoms with E-state index in [9.17, 15) is 4.79 Å². The highest BCUT2D eigenvalue weighted by molar-refractivity contribution is 6.30.